The second-order valence-corrected chi connectivity index (χ2v) is 7.58. The molecule has 0 aliphatic heterocycles. The van der Waals surface area contributed by atoms with Gasteiger partial charge in [-0.1, -0.05) is 19.1 Å². The average Bonchev–Trinajstić information content (AvgIpc) is 2.96. The lowest BCUT2D eigenvalue weighted by atomic mass is 10.2. The molecule has 1 aromatic carbocycles. The Morgan fingerprint density at radius 3 is 2.70 bits per heavy atom. The first-order chi connectivity index (χ1) is 13.0. The molecule has 2 aromatic rings. The van der Waals surface area contributed by atoms with Crippen molar-refractivity contribution in [3.63, 3.8) is 0 Å². The second-order valence-electron chi connectivity index (χ2n) is 6.30. The summed E-state index contributed by atoms with van der Waals surface area (Å²) in [6, 6.07) is 7.81. The molecule has 0 atom stereocenters. The molecule has 1 heterocycles. The minimum absolute atomic E-state index is 0.0437. The number of carbonyl (C=O) groups excluding carboxylic acids is 1. The van der Waals surface area contributed by atoms with E-state index in [1.807, 2.05) is 45.0 Å². The van der Waals surface area contributed by atoms with Crippen LogP contribution in [0, 0.1) is 13.8 Å². The summed E-state index contributed by atoms with van der Waals surface area (Å²) < 4.78 is 0. The van der Waals surface area contributed by atoms with Crippen molar-refractivity contribution in [2.24, 2.45) is 4.99 Å². The van der Waals surface area contributed by atoms with Gasteiger partial charge >= 0.3 is 0 Å². The van der Waals surface area contributed by atoms with Crippen LogP contribution in [-0.2, 0) is 17.9 Å². The molecule has 1 amide bonds. The van der Waals surface area contributed by atoms with Gasteiger partial charge in [0.1, 0.15) is 5.01 Å². The smallest absolute Gasteiger partial charge is 0.224 e. The van der Waals surface area contributed by atoms with Gasteiger partial charge in [0.25, 0.3) is 0 Å². The Balaban J connectivity index is 1.98. The summed E-state index contributed by atoms with van der Waals surface area (Å²) >= 11 is 1.70. The zero-order valence-electron chi connectivity index (χ0n) is 16.6. The van der Waals surface area contributed by atoms with Gasteiger partial charge in [0.05, 0.1) is 18.8 Å². The van der Waals surface area contributed by atoms with Crippen molar-refractivity contribution in [2.75, 3.05) is 11.9 Å². The molecule has 3 N–H and O–H groups in total. The van der Waals surface area contributed by atoms with Crippen LogP contribution in [0.4, 0.5) is 5.69 Å². The fourth-order valence-corrected chi connectivity index (χ4v) is 3.36. The van der Waals surface area contributed by atoms with Crippen molar-refractivity contribution in [2.45, 2.75) is 53.6 Å². The number of amides is 1. The van der Waals surface area contributed by atoms with E-state index >= 15 is 0 Å². The van der Waals surface area contributed by atoms with Gasteiger partial charge in [0, 0.05) is 23.5 Å². The summed E-state index contributed by atoms with van der Waals surface area (Å²) in [6.45, 7) is 10.1. The van der Waals surface area contributed by atoms with Crippen molar-refractivity contribution in [3.05, 3.63) is 45.4 Å². The first-order valence-corrected chi connectivity index (χ1v) is 10.2. The molecule has 0 saturated carbocycles. The monoisotopic (exact) mass is 387 g/mol. The van der Waals surface area contributed by atoms with Crippen molar-refractivity contribution in [3.8, 4) is 0 Å². The molecular weight excluding hydrogens is 358 g/mol. The van der Waals surface area contributed by atoms with Gasteiger partial charge in [-0.15, -0.1) is 11.3 Å². The predicted molar refractivity (Wildman–Crippen MR) is 113 cm³/mol. The molecule has 2 rings (SSSR count). The summed E-state index contributed by atoms with van der Waals surface area (Å²) in [6.07, 6.45) is 1.37. The Morgan fingerprint density at radius 1 is 1.22 bits per heavy atom. The summed E-state index contributed by atoms with van der Waals surface area (Å²) in [5, 5.41) is 10.6. The first-order valence-electron chi connectivity index (χ1n) is 9.35. The molecular formula is C20H29N5OS. The number of guanidine groups is 1. The van der Waals surface area contributed by atoms with Gasteiger partial charge in [0.2, 0.25) is 5.91 Å². The summed E-state index contributed by atoms with van der Waals surface area (Å²) in [5.74, 6) is 0.797. The lowest BCUT2D eigenvalue weighted by molar-refractivity contribution is -0.116. The molecule has 7 heteroatoms. The third kappa shape index (κ3) is 7.02. The van der Waals surface area contributed by atoms with Crippen LogP contribution in [0.1, 0.15) is 47.8 Å². The zero-order valence-corrected chi connectivity index (χ0v) is 17.4. The van der Waals surface area contributed by atoms with E-state index in [4.69, 9.17) is 0 Å². The number of nitrogens with one attached hydrogen (secondary N) is 3. The molecule has 0 spiro atoms. The highest BCUT2D eigenvalue weighted by atomic mass is 32.1. The number of thiazole rings is 1. The van der Waals surface area contributed by atoms with E-state index in [-0.39, 0.29) is 5.91 Å². The highest BCUT2D eigenvalue weighted by Gasteiger charge is 2.05. The van der Waals surface area contributed by atoms with Crippen LogP contribution in [0.3, 0.4) is 0 Å². The lowest BCUT2D eigenvalue weighted by Crippen LogP contribution is -2.36. The Labute approximate surface area is 165 Å². The van der Waals surface area contributed by atoms with Crippen molar-refractivity contribution >= 4 is 28.9 Å². The van der Waals surface area contributed by atoms with Gasteiger partial charge < -0.3 is 16.0 Å². The van der Waals surface area contributed by atoms with Crippen LogP contribution in [0.25, 0.3) is 0 Å². The van der Waals surface area contributed by atoms with E-state index in [2.05, 4.69) is 32.9 Å². The molecule has 27 heavy (non-hydrogen) atoms. The van der Waals surface area contributed by atoms with Gasteiger partial charge in [-0.2, -0.15) is 0 Å². The summed E-state index contributed by atoms with van der Waals surface area (Å²) in [7, 11) is 0. The fraction of sp³-hybridized carbons (Fsp3) is 0.450. The number of rotatable bonds is 8. The van der Waals surface area contributed by atoms with E-state index in [9.17, 15) is 4.79 Å². The molecule has 0 aliphatic carbocycles. The van der Waals surface area contributed by atoms with Crippen LogP contribution in [0.5, 0.6) is 0 Å². The van der Waals surface area contributed by atoms with E-state index in [1.165, 1.54) is 4.88 Å². The van der Waals surface area contributed by atoms with Crippen LogP contribution in [-0.4, -0.2) is 23.4 Å². The van der Waals surface area contributed by atoms with Crippen molar-refractivity contribution in [1.29, 1.82) is 0 Å². The van der Waals surface area contributed by atoms with E-state index < -0.39 is 0 Å². The molecule has 0 aliphatic rings. The molecule has 146 valence electrons. The lowest BCUT2D eigenvalue weighted by Gasteiger charge is -2.10. The number of anilines is 1. The number of aromatic nitrogens is 1. The molecule has 0 saturated heterocycles. The zero-order chi connectivity index (χ0) is 19.6. The molecule has 0 unspecified atom stereocenters. The number of hydrogen-bond acceptors (Lipinski definition) is 4. The topological polar surface area (TPSA) is 78.4 Å². The van der Waals surface area contributed by atoms with Crippen molar-refractivity contribution < 1.29 is 4.79 Å². The summed E-state index contributed by atoms with van der Waals surface area (Å²) in [4.78, 5) is 22.2. The van der Waals surface area contributed by atoms with Gasteiger partial charge in [-0.05, 0) is 44.9 Å². The van der Waals surface area contributed by atoms with E-state index in [0.717, 1.165) is 40.9 Å². The number of carbonyl (C=O) groups is 1. The van der Waals surface area contributed by atoms with Gasteiger partial charge in [-0.25, -0.2) is 9.98 Å². The Bertz CT molecular complexity index is 765. The number of hydrogen-bond donors (Lipinski definition) is 3. The maximum atomic E-state index is 11.8. The second kappa shape index (κ2) is 10.7. The fourth-order valence-electron chi connectivity index (χ4n) is 2.48. The molecule has 0 bridgehead atoms. The maximum Gasteiger partial charge on any atom is 0.224 e. The third-order valence-electron chi connectivity index (χ3n) is 3.93. The predicted octanol–water partition coefficient (Wildman–Crippen LogP) is 3.75. The minimum Gasteiger partial charge on any atom is -0.357 e. The molecule has 1 aromatic heterocycles. The Kier molecular flexibility index (Phi) is 8.26. The number of benzene rings is 1. The number of aryl methyl sites for hydroxylation is 2. The van der Waals surface area contributed by atoms with E-state index in [1.54, 1.807) is 11.3 Å². The van der Waals surface area contributed by atoms with Gasteiger partial charge in [0.15, 0.2) is 5.96 Å². The molecule has 6 nitrogen and oxygen atoms in total. The Morgan fingerprint density at radius 2 is 2.04 bits per heavy atom. The first kappa shape index (κ1) is 20.9. The van der Waals surface area contributed by atoms with Gasteiger partial charge in [-0.3, -0.25) is 4.79 Å². The quantitative estimate of drug-likeness (QED) is 0.476. The van der Waals surface area contributed by atoms with Crippen LogP contribution in [0.15, 0.2) is 29.3 Å². The standard InChI is InChI=1S/C20H29N5OS/c1-5-8-18(26)25-17-10-7-9-16(11-17)12-22-20(21-6-2)23-13-19-24-14(3)15(4)27-19/h7,9-11H,5-6,8,12-13H2,1-4H3,(H,25,26)(H2,21,22,23). The number of aliphatic imine (C=N–C) groups is 1. The normalized spacial score (nSPS) is 11.3. The maximum absolute atomic E-state index is 11.8. The highest BCUT2D eigenvalue weighted by molar-refractivity contribution is 7.11. The SMILES string of the molecule is CCCC(=O)Nc1cccc(CN=C(NCC)NCc2nc(C)c(C)s2)c1. The largest absolute Gasteiger partial charge is 0.357 e. The molecule has 0 fully saturated rings. The molecule has 0 radical (unpaired) electrons. The van der Waals surface area contributed by atoms with Crippen LogP contribution < -0.4 is 16.0 Å². The van der Waals surface area contributed by atoms with Crippen LogP contribution in [0.2, 0.25) is 0 Å². The average molecular weight is 388 g/mol. The Hall–Kier alpha value is -2.41. The minimum atomic E-state index is 0.0437. The highest BCUT2D eigenvalue weighted by Crippen LogP contribution is 2.16. The van der Waals surface area contributed by atoms with E-state index in [0.29, 0.717) is 19.5 Å². The number of nitrogens with zero attached hydrogens (tertiary/aromatic N) is 2. The van der Waals surface area contributed by atoms with Crippen LogP contribution >= 0.6 is 11.3 Å². The summed E-state index contributed by atoms with van der Waals surface area (Å²) in [5.41, 5.74) is 2.94. The van der Waals surface area contributed by atoms with Crippen molar-refractivity contribution in [1.82, 2.24) is 15.6 Å². The third-order valence-corrected chi connectivity index (χ3v) is 5.00.